The van der Waals surface area contributed by atoms with Gasteiger partial charge in [-0.1, -0.05) is 42.5 Å². The summed E-state index contributed by atoms with van der Waals surface area (Å²) >= 11 is 0. The fourth-order valence-corrected chi connectivity index (χ4v) is 2.35. The lowest BCUT2D eigenvalue weighted by Gasteiger charge is -2.23. The number of nitriles is 1. The van der Waals surface area contributed by atoms with Crippen molar-refractivity contribution in [1.29, 1.82) is 5.26 Å². The topological polar surface area (TPSA) is 73.2 Å². The molecular formula is C19H19N3O2. The zero-order chi connectivity index (χ0) is 17.4. The molecule has 2 aromatic carbocycles. The molecule has 0 aliphatic heterocycles. The predicted octanol–water partition coefficient (Wildman–Crippen LogP) is 3.76. The van der Waals surface area contributed by atoms with Crippen LogP contribution in [0.5, 0.6) is 0 Å². The quantitative estimate of drug-likeness (QED) is 0.823. The van der Waals surface area contributed by atoms with Crippen LogP contribution in [-0.2, 0) is 6.54 Å². The highest BCUT2D eigenvalue weighted by atomic mass is 16.2. The Morgan fingerprint density at radius 2 is 1.96 bits per heavy atom. The van der Waals surface area contributed by atoms with Gasteiger partial charge in [-0.05, 0) is 24.1 Å². The number of aldehydes is 1. The zero-order valence-electron chi connectivity index (χ0n) is 13.5. The Morgan fingerprint density at radius 1 is 1.21 bits per heavy atom. The summed E-state index contributed by atoms with van der Waals surface area (Å²) in [6.45, 7) is 2.54. The van der Waals surface area contributed by atoms with Crippen LogP contribution in [0, 0.1) is 18.3 Å². The van der Waals surface area contributed by atoms with Crippen LogP contribution in [0.15, 0.2) is 48.5 Å². The van der Waals surface area contributed by atoms with E-state index < -0.39 is 0 Å². The predicted molar refractivity (Wildman–Crippen MR) is 92.7 cm³/mol. The Hall–Kier alpha value is -3.13. The Kier molecular flexibility index (Phi) is 6.09. The van der Waals surface area contributed by atoms with Gasteiger partial charge in [-0.15, -0.1) is 0 Å². The first-order valence-electron chi connectivity index (χ1n) is 7.67. The van der Waals surface area contributed by atoms with E-state index in [1.54, 1.807) is 30.0 Å². The molecule has 0 atom stereocenters. The summed E-state index contributed by atoms with van der Waals surface area (Å²) in [5.74, 6) is 0. The molecule has 122 valence electrons. The second-order valence-electron chi connectivity index (χ2n) is 5.38. The van der Waals surface area contributed by atoms with Crippen LogP contribution >= 0.6 is 0 Å². The second kappa shape index (κ2) is 8.49. The first kappa shape index (κ1) is 17.2. The maximum atomic E-state index is 12.6. The van der Waals surface area contributed by atoms with Crippen LogP contribution in [-0.4, -0.2) is 23.8 Å². The summed E-state index contributed by atoms with van der Waals surface area (Å²) in [6.07, 6.45) is 1.02. The Labute approximate surface area is 141 Å². The summed E-state index contributed by atoms with van der Waals surface area (Å²) in [4.78, 5) is 25.2. The molecule has 5 heteroatoms. The standard InChI is InChI=1S/C19H19N3O2/c1-15-17(14-23)9-5-10-18(15)21-19(24)22(12-6-11-20)13-16-7-3-2-4-8-16/h2-5,7-10,14H,6,12-13H2,1H3,(H,21,24). The van der Waals surface area contributed by atoms with Gasteiger partial charge in [-0.2, -0.15) is 5.26 Å². The third-order valence-corrected chi connectivity index (χ3v) is 3.74. The van der Waals surface area contributed by atoms with E-state index in [0.717, 1.165) is 17.4 Å². The van der Waals surface area contributed by atoms with Gasteiger partial charge in [0.2, 0.25) is 0 Å². The van der Waals surface area contributed by atoms with Gasteiger partial charge < -0.3 is 10.2 Å². The average molecular weight is 321 g/mol. The van der Waals surface area contributed by atoms with E-state index in [1.807, 2.05) is 30.3 Å². The van der Waals surface area contributed by atoms with E-state index in [4.69, 9.17) is 5.26 Å². The van der Waals surface area contributed by atoms with Crippen molar-refractivity contribution in [3.8, 4) is 6.07 Å². The molecule has 0 aliphatic carbocycles. The number of anilines is 1. The molecule has 1 N–H and O–H groups in total. The number of benzene rings is 2. The number of amides is 2. The third kappa shape index (κ3) is 4.43. The minimum Gasteiger partial charge on any atom is -0.319 e. The molecule has 0 radical (unpaired) electrons. The van der Waals surface area contributed by atoms with Crippen LogP contribution < -0.4 is 5.32 Å². The number of carbonyl (C=O) groups is 2. The first-order chi connectivity index (χ1) is 11.7. The lowest BCUT2D eigenvalue weighted by molar-refractivity contribution is 0.112. The maximum Gasteiger partial charge on any atom is 0.322 e. The van der Waals surface area contributed by atoms with E-state index in [-0.39, 0.29) is 12.5 Å². The molecule has 5 nitrogen and oxygen atoms in total. The number of rotatable bonds is 6. The monoisotopic (exact) mass is 321 g/mol. The molecule has 2 rings (SSSR count). The van der Waals surface area contributed by atoms with Crippen molar-refractivity contribution in [2.75, 3.05) is 11.9 Å². The molecular weight excluding hydrogens is 302 g/mol. The molecule has 2 amide bonds. The Balaban J connectivity index is 2.16. The largest absolute Gasteiger partial charge is 0.322 e. The normalized spacial score (nSPS) is 9.83. The summed E-state index contributed by atoms with van der Waals surface area (Å²) in [7, 11) is 0. The van der Waals surface area contributed by atoms with E-state index in [2.05, 4.69) is 11.4 Å². The number of urea groups is 1. The van der Waals surface area contributed by atoms with E-state index in [9.17, 15) is 9.59 Å². The van der Waals surface area contributed by atoms with Gasteiger partial charge in [0.1, 0.15) is 6.29 Å². The minimum absolute atomic E-state index is 0.258. The SMILES string of the molecule is Cc1c(C=O)cccc1NC(=O)N(CCC#N)Cc1ccccc1. The van der Waals surface area contributed by atoms with Crippen molar-refractivity contribution in [2.24, 2.45) is 0 Å². The summed E-state index contributed by atoms with van der Waals surface area (Å²) in [5, 5.41) is 11.7. The van der Waals surface area contributed by atoms with Crippen molar-refractivity contribution < 1.29 is 9.59 Å². The summed E-state index contributed by atoms with van der Waals surface area (Å²) in [6, 6.07) is 16.6. The summed E-state index contributed by atoms with van der Waals surface area (Å²) < 4.78 is 0. The van der Waals surface area contributed by atoms with Gasteiger partial charge in [-0.3, -0.25) is 4.79 Å². The smallest absolute Gasteiger partial charge is 0.319 e. The molecule has 2 aromatic rings. The maximum absolute atomic E-state index is 12.6. The number of hydrogen-bond acceptors (Lipinski definition) is 3. The van der Waals surface area contributed by atoms with Gasteiger partial charge in [0.15, 0.2) is 0 Å². The van der Waals surface area contributed by atoms with Crippen molar-refractivity contribution in [3.63, 3.8) is 0 Å². The number of hydrogen-bond donors (Lipinski definition) is 1. The van der Waals surface area contributed by atoms with Crippen molar-refractivity contribution in [2.45, 2.75) is 19.9 Å². The van der Waals surface area contributed by atoms with Gasteiger partial charge in [0.25, 0.3) is 0 Å². The molecule has 0 aromatic heterocycles. The summed E-state index contributed by atoms with van der Waals surface area (Å²) in [5.41, 5.74) is 2.85. The highest BCUT2D eigenvalue weighted by Crippen LogP contribution is 2.18. The molecule has 0 saturated carbocycles. The van der Waals surface area contributed by atoms with Crippen LogP contribution in [0.2, 0.25) is 0 Å². The van der Waals surface area contributed by atoms with Gasteiger partial charge in [0, 0.05) is 24.3 Å². The lowest BCUT2D eigenvalue weighted by atomic mass is 10.1. The van der Waals surface area contributed by atoms with Gasteiger partial charge in [-0.25, -0.2) is 4.79 Å². The second-order valence-corrected chi connectivity index (χ2v) is 5.38. The molecule has 0 fully saturated rings. The Bertz CT molecular complexity index is 751. The van der Waals surface area contributed by atoms with E-state index in [1.165, 1.54) is 0 Å². The van der Waals surface area contributed by atoms with E-state index in [0.29, 0.717) is 24.3 Å². The molecule has 0 unspecified atom stereocenters. The number of nitrogens with one attached hydrogen (secondary N) is 1. The average Bonchev–Trinajstić information content (AvgIpc) is 2.61. The number of nitrogens with zero attached hydrogens (tertiary/aromatic N) is 2. The number of carbonyl (C=O) groups excluding carboxylic acids is 2. The molecule has 0 heterocycles. The van der Waals surface area contributed by atoms with Crippen LogP contribution in [0.4, 0.5) is 10.5 Å². The van der Waals surface area contributed by atoms with Crippen LogP contribution in [0.25, 0.3) is 0 Å². The molecule has 24 heavy (non-hydrogen) atoms. The third-order valence-electron chi connectivity index (χ3n) is 3.74. The van der Waals surface area contributed by atoms with Gasteiger partial charge in [0.05, 0.1) is 12.5 Å². The van der Waals surface area contributed by atoms with Crippen LogP contribution in [0.1, 0.15) is 27.9 Å². The highest BCUT2D eigenvalue weighted by Gasteiger charge is 2.15. The van der Waals surface area contributed by atoms with E-state index >= 15 is 0 Å². The minimum atomic E-state index is -0.291. The first-order valence-corrected chi connectivity index (χ1v) is 7.67. The fourth-order valence-electron chi connectivity index (χ4n) is 2.35. The van der Waals surface area contributed by atoms with Gasteiger partial charge >= 0.3 is 6.03 Å². The van der Waals surface area contributed by atoms with Crippen LogP contribution in [0.3, 0.4) is 0 Å². The molecule has 0 spiro atoms. The highest BCUT2D eigenvalue weighted by molar-refractivity contribution is 5.92. The molecule has 0 saturated heterocycles. The van der Waals surface area contributed by atoms with Crippen molar-refractivity contribution in [3.05, 3.63) is 65.2 Å². The van der Waals surface area contributed by atoms with Crippen molar-refractivity contribution in [1.82, 2.24) is 4.90 Å². The molecule has 0 aliphatic rings. The van der Waals surface area contributed by atoms with Crippen molar-refractivity contribution >= 4 is 18.0 Å². The fraction of sp³-hybridized carbons (Fsp3) is 0.211. The Morgan fingerprint density at radius 3 is 2.62 bits per heavy atom. The zero-order valence-corrected chi connectivity index (χ0v) is 13.5. The molecule has 0 bridgehead atoms. The lowest BCUT2D eigenvalue weighted by Crippen LogP contribution is -2.35.